The fourth-order valence-electron chi connectivity index (χ4n) is 1.69. The molecule has 2 rings (SSSR count). The van der Waals surface area contributed by atoms with Crippen molar-refractivity contribution in [1.82, 2.24) is 9.97 Å². The summed E-state index contributed by atoms with van der Waals surface area (Å²) in [5, 5.41) is 1.63. The first-order chi connectivity index (χ1) is 8.08. The lowest BCUT2D eigenvalue weighted by atomic mass is 10.1. The third-order valence-corrected chi connectivity index (χ3v) is 4.51. The van der Waals surface area contributed by atoms with Crippen molar-refractivity contribution in [3.8, 4) is 0 Å². The summed E-state index contributed by atoms with van der Waals surface area (Å²) >= 11 is 14.1. The molecule has 0 saturated heterocycles. The van der Waals surface area contributed by atoms with E-state index < -0.39 is 0 Å². The molecular weight excluding hydrogens is 275 g/mol. The highest BCUT2D eigenvalue weighted by Gasteiger charge is 2.16. The van der Waals surface area contributed by atoms with Crippen LogP contribution in [0.3, 0.4) is 0 Å². The first-order valence-corrected chi connectivity index (χ1v) is 6.87. The smallest absolute Gasteiger partial charge is 0.0900 e. The van der Waals surface area contributed by atoms with Gasteiger partial charge in [0.2, 0.25) is 0 Å². The Kier molecular flexibility index (Phi) is 4.02. The molecule has 2 aromatic heterocycles. The second-order valence-corrected chi connectivity index (χ2v) is 5.99. The van der Waals surface area contributed by atoms with Crippen LogP contribution in [-0.4, -0.2) is 9.97 Å². The third-order valence-electron chi connectivity index (χ3n) is 2.48. The molecule has 0 aromatic carbocycles. The number of hydrogen-bond donors (Lipinski definition) is 0. The van der Waals surface area contributed by atoms with Gasteiger partial charge in [0.25, 0.3) is 0 Å². The molecule has 2 aromatic rings. The zero-order valence-corrected chi connectivity index (χ0v) is 11.9. The topological polar surface area (TPSA) is 25.8 Å². The summed E-state index contributed by atoms with van der Waals surface area (Å²) in [5.74, 6) is 0. The number of halogens is 2. The van der Waals surface area contributed by atoms with Gasteiger partial charge in [0.15, 0.2) is 0 Å². The van der Waals surface area contributed by atoms with Crippen LogP contribution in [0.4, 0.5) is 0 Å². The average molecular weight is 287 g/mol. The SMILES string of the molecule is Cc1nc(C)c(C(Cl)Cc2ccncc2Cl)s1. The Hall–Kier alpha value is -0.640. The summed E-state index contributed by atoms with van der Waals surface area (Å²) in [5.41, 5.74) is 2.03. The summed E-state index contributed by atoms with van der Waals surface area (Å²) in [7, 11) is 0. The van der Waals surface area contributed by atoms with Crippen molar-refractivity contribution in [2.24, 2.45) is 0 Å². The average Bonchev–Trinajstić information content (AvgIpc) is 2.61. The molecule has 0 aliphatic rings. The maximum Gasteiger partial charge on any atom is 0.0900 e. The molecule has 0 fully saturated rings. The maximum absolute atomic E-state index is 6.42. The second kappa shape index (κ2) is 5.34. The third kappa shape index (κ3) is 2.97. The number of pyridine rings is 1. The monoisotopic (exact) mass is 286 g/mol. The highest BCUT2D eigenvalue weighted by Crippen LogP contribution is 2.33. The van der Waals surface area contributed by atoms with Crippen molar-refractivity contribution in [3.63, 3.8) is 0 Å². The van der Waals surface area contributed by atoms with E-state index in [1.165, 1.54) is 0 Å². The van der Waals surface area contributed by atoms with Gasteiger partial charge in [-0.3, -0.25) is 4.98 Å². The van der Waals surface area contributed by atoms with E-state index in [0.717, 1.165) is 21.1 Å². The summed E-state index contributed by atoms with van der Waals surface area (Å²) in [6.07, 6.45) is 4.08. The van der Waals surface area contributed by atoms with Gasteiger partial charge < -0.3 is 0 Å². The lowest BCUT2D eigenvalue weighted by Gasteiger charge is -2.09. The van der Waals surface area contributed by atoms with Crippen LogP contribution < -0.4 is 0 Å². The Morgan fingerprint density at radius 2 is 2.18 bits per heavy atom. The van der Waals surface area contributed by atoms with E-state index >= 15 is 0 Å². The largest absolute Gasteiger partial charge is 0.263 e. The molecule has 0 spiro atoms. The van der Waals surface area contributed by atoms with Crippen molar-refractivity contribution >= 4 is 34.5 Å². The van der Waals surface area contributed by atoms with Gasteiger partial charge in [-0.1, -0.05) is 11.6 Å². The molecule has 0 radical (unpaired) electrons. The minimum atomic E-state index is -0.0823. The van der Waals surface area contributed by atoms with Crippen molar-refractivity contribution in [1.29, 1.82) is 0 Å². The Morgan fingerprint density at radius 3 is 2.76 bits per heavy atom. The predicted octanol–water partition coefficient (Wildman–Crippen LogP) is 4.33. The van der Waals surface area contributed by atoms with Crippen molar-refractivity contribution < 1.29 is 0 Å². The van der Waals surface area contributed by atoms with E-state index in [0.29, 0.717) is 11.4 Å². The highest BCUT2D eigenvalue weighted by atomic mass is 35.5. The van der Waals surface area contributed by atoms with Gasteiger partial charge >= 0.3 is 0 Å². The van der Waals surface area contributed by atoms with E-state index in [1.54, 1.807) is 23.7 Å². The van der Waals surface area contributed by atoms with Gasteiger partial charge in [-0.15, -0.1) is 22.9 Å². The standard InChI is InChI=1S/C12H12Cl2N2S/c1-7-12(17-8(2)16-7)10(13)5-9-3-4-15-6-11(9)14/h3-4,6,10H,5H2,1-2H3. The first-order valence-electron chi connectivity index (χ1n) is 5.24. The van der Waals surface area contributed by atoms with Gasteiger partial charge in [0.1, 0.15) is 0 Å². The summed E-state index contributed by atoms with van der Waals surface area (Å²) in [6, 6.07) is 1.90. The van der Waals surface area contributed by atoms with Crippen LogP contribution >= 0.6 is 34.5 Å². The van der Waals surface area contributed by atoms with Crippen LogP contribution in [-0.2, 0) is 6.42 Å². The molecule has 0 amide bonds. The Balaban J connectivity index is 2.20. The fourth-order valence-corrected chi connectivity index (χ4v) is 3.25. The lowest BCUT2D eigenvalue weighted by Crippen LogP contribution is -1.96. The number of thiazole rings is 1. The Bertz CT molecular complexity index is 525. The molecule has 0 aliphatic heterocycles. The normalized spacial score (nSPS) is 12.7. The van der Waals surface area contributed by atoms with E-state index in [-0.39, 0.29) is 5.38 Å². The lowest BCUT2D eigenvalue weighted by molar-refractivity contribution is 0.919. The van der Waals surface area contributed by atoms with Crippen LogP contribution in [0.15, 0.2) is 18.5 Å². The van der Waals surface area contributed by atoms with E-state index in [9.17, 15) is 0 Å². The molecule has 2 nitrogen and oxygen atoms in total. The molecule has 1 unspecified atom stereocenters. The van der Waals surface area contributed by atoms with Crippen LogP contribution in [0.25, 0.3) is 0 Å². The number of aromatic nitrogens is 2. The molecule has 5 heteroatoms. The molecule has 0 aliphatic carbocycles. The van der Waals surface area contributed by atoms with Crippen LogP contribution in [0, 0.1) is 13.8 Å². The molecule has 17 heavy (non-hydrogen) atoms. The fraction of sp³-hybridized carbons (Fsp3) is 0.333. The molecule has 1 atom stereocenters. The highest BCUT2D eigenvalue weighted by molar-refractivity contribution is 7.12. The molecular formula is C12H12Cl2N2S. The van der Waals surface area contributed by atoms with Crippen LogP contribution in [0.1, 0.15) is 26.5 Å². The summed E-state index contributed by atoms with van der Waals surface area (Å²) in [6.45, 7) is 3.98. The molecule has 0 N–H and O–H groups in total. The van der Waals surface area contributed by atoms with Crippen molar-refractivity contribution in [3.05, 3.63) is 44.6 Å². The van der Waals surface area contributed by atoms with Gasteiger partial charge in [-0.2, -0.15) is 0 Å². The van der Waals surface area contributed by atoms with E-state index in [4.69, 9.17) is 23.2 Å². The minimum Gasteiger partial charge on any atom is -0.263 e. The quantitative estimate of drug-likeness (QED) is 0.785. The van der Waals surface area contributed by atoms with Crippen molar-refractivity contribution in [2.75, 3.05) is 0 Å². The molecule has 0 bridgehead atoms. The van der Waals surface area contributed by atoms with E-state index in [2.05, 4.69) is 9.97 Å². The number of alkyl halides is 1. The molecule has 0 saturated carbocycles. The summed E-state index contributed by atoms with van der Waals surface area (Å²) < 4.78 is 0. The molecule has 2 heterocycles. The first kappa shape index (κ1) is 12.8. The Labute approximate surface area is 115 Å². The minimum absolute atomic E-state index is 0.0823. The van der Waals surface area contributed by atoms with Crippen LogP contribution in [0.2, 0.25) is 5.02 Å². The van der Waals surface area contributed by atoms with Gasteiger partial charge in [0, 0.05) is 17.3 Å². The van der Waals surface area contributed by atoms with Crippen LogP contribution in [0.5, 0.6) is 0 Å². The van der Waals surface area contributed by atoms with E-state index in [1.807, 2.05) is 19.9 Å². The van der Waals surface area contributed by atoms with Crippen molar-refractivity contribution in [2.45, 2.75) is 25.6 Å². The number of hydrogen-bond acceptors (Lipinski definition) is 3. The predicted molar refractivity (Wildman–Crippen MR) is 73.1 cm³/mol. The second-order valence-electron chi connectivity index (χ2n) is 3.82. The maximum atomic E-state index is 6.42. The zero-order valence-electron chi connectivity index (χ0n) is 9.58. The van der Waals surface area contributed by atoms with Gasteiger partial charge in [-0.25, -0.2) is 4.98 Å². The zero-order chi connectivity index (χ0) is 12.4. The molecule has 90 valence electrons. The number of nitrogens with zero attached hydrogens (tertiary/aromatic N) is 2. The Morgan fingerprint density at radius 1 is 1.41 bits per heavy atom. The van der Waals surface area contributed by atoms with Gasteiger partial charge in [-0.05, 0) is 31.9 Å². The van der Waals surface area contributed by atoms with Gasteiger partial charge in [0.05, 0.1) is 21.1 Å². The summed E-state index contributed by atoms with van der Waals surface area (Å²) in [4.78, 5) is 9.47. The number of rotatable bonds is 3. The number of aryl methyl sites for hydroxylation is 2.